The van der Waals surface area contributed by atoms with Gasteiger partial charge in [-0.05, 0) is 37.9 Å². The third kappa shape index (κ3) is 2.59. The molecule has 0 saturated carbocycles. The SMILES string of the molecule is CN(C)CC1CCSC1. The Kier molecular flexibility index (Phi) is 2.86. The van der Waals surface area contributed by atoms with Crippen LogP contribution >= 0.6 is 11.8 Å². The van der Waals surface area contributed by atoms with Crippen LogP contribution in [0.1, 0.15) is 6.42 Å². The van der Waals surface area contributed by atoms with Crippen molar-refractivity contribution in [3.05, 3.63) is 0 Å². The second kappa shape index (κ2) is 3.47. The van der Waals surface area contributed by atoms with Crippen LogP contribution in [0.4, 0.5) is 0 Å². The average Bonchev–Trinajstić information content (AvgIpc) is 2.15. The Hall–Kier alpha value is 0.310. The molecule has 1 fully saturated rings. The molecule has 1 rings (SSSR count). The molecule has 0 radical (unpaired) electrons. The molecule has 1 aliphatic heterocycles. The monoisotopic (exact) mass is 145 g/mol. The fourth-order valence-corrected chi connectivity index (χ4v) is 2.52. The Labute approximate surface area is 61.8 Å². The van der Waals surface area contributed by atoms with Crippen LogP contribution in [0.2, 0.25) is 0 Å². The highest BCUT2D eigenvalue weighted by Crippen LogP contribution is 2.23. The third-order valence-electron chi connectivity index (χ3n) is 1.65. The van der Waals surface area contributed by atoms with Gasteiger partial charge in [0.25, 0.3) is 0 Å². The molecule has 0 amide bonds. The fourth-order valence-electron chi connectivity index (χ4n) is 1.24. The molecule has 2 heteroatoms. The lowest BCUT2D eigenvalue weighted by molar-refractivity contribution is 0.343. The summed E-state index contributed by atoms with van der Waals surface area (Å²) in [4.78, 5) is 2.29. The van der Waals surface area contributed by atoms with Gasteiger partial charge in [0.2, 0.25) is 0 Å². The summed E-state index contributed by atoms with van der Waals surface area (Å²) in [5.41, 5.74) is 0. The molecule has 1 heterocycles. The van der Waals surface area contributed by atoms with Crippen molar-refractivity contribution >= 4 is 11.8 Å². The molecule has 1 saturated heterocycles. The van der Waals surface area contributed by atoms with Gasteiger partial charge in [0, 0.05) is 6.54 Å². The van der Waals surface area contributed by atoms with E-state index in [1.807, 2.05) is 0 Å². The summed E-state index contributed by atoms with van der Waals surface area (Å²) < 4.78 is 0. The second-order valence-electron chi connectivity index (χ2n) is 2.99. The zero-order valence-corrected chi connectivity index (χ0v) is 7.08. The van der Waals surface area contributed by atoms with Gasteiger partial charge in [0.1, 0.15) is 0 Å². The fraction of sp³-hybridized carbons (Fsp3) is 1.00. The van der Waals surface area contributed by atoms with E-state index in [-0.39, 0.29) is 0 Å². The largest absolute Gasteiger partial charge is 0.309 e. The van der Waals surface area contributed by atoms with Gasteiger partial charge in [-0.25, -0.2) is 0 Å². The van der Waals surface area contributed by atoms with Gasteiger partial charge in [0.05, 0.1) is 0 Å². The Morgan fingerprint density at radius 3 is 2.78 bits per heavy atom. The molecule has 0 aromatic carbocycles. The van der Waals surface area contributed by atoms with E-state index in [1.54, 1.807) is 0 Å². The first kappa shape index (κ1) is 7.42. The highest BCUT2D eigenvalue weighted by molar-refractivity contribution is 7.99. The maximum absolute atomic E-state index is 2.29. The summed E-state index contributed by atoms with van der Waals surface area (Å²) in [7, 11) is 4.31. The van der Waals surface area contributed by atoms with E-state index in [1.165, 1.54) is 24.5 Å². The molecule has 0 bridgehead atoms. The van der Waals surface area contributed by atoms with E-state index in [2.05, 4.69) is 30.8 Å². The van der Waals surface area contributed by atoms with Gasteiger partial charge < -0.3 is 4.90 Å². The predicted molar refractivity (Wildman–Crippen MR) is 44.0 cm³/mol. The van der Waals surface area contributed by atoms with Crippen LogP contribution < -0.4 is 0 Å². The third-order valence-corrected chi connectivity index (χ3v) is 2.88. The molecule has 1 atom stereocenters. The molecule has 0 N–H and O–H groups in total. The minimum atomic E-state index is 0.977. The van der Waals surface area contributed by atoms with Crippen molar-refractivity contribution in [3.8, 4) is 0 Å². The first-order valence-corrected chi connectivity index (χ1v) is 4.67. The summed E-state index contributed by atoms with van der Waals surface area (Å²) in [6, 6.07) is 0. The van der Waals surface area contributed by atoms with Gasteiger partial charge in [-0.15, -0.1) is 0 Å². The van der Waals surface area contributed by atoms with E-state index >= 15 is 0 Å². The standard InChI is InChI=1S/C7H15NS/c1-8(2)5-7-3-4-9-6-7/h7H,3-6H2,1-2H3. The Morgan fingerprint density at radius 2 is 2.33 bits per heavy atom. The molecule has 54 valence electrons. The topological polar surface area (TPSA) is 3.24 Å². The molecule has 0 aromatic heterocycles. The van der Waals surface area contributed by atoms with Gasteiger partial charge in [0.15, 0.2) is 0 Å². The Balaban J connectivity index is 2.11. The van der Waals surface area contributed by atoms with Gasteiger partial charge >= 0.3 is 0 Å². The highest BCUT2D eigenvalue weighted by Gasteiger charge is 2.15. The minimum Gasteiger partial charge on any atom is -0.309 e. The van der Waals surface area contributed by atoms with E-state index < -0.39 is 0 Å². The molecule has 0 aliphatic carbocycles. The van der Waals surface area contributed by atoms with Gasteiger partial charge in [-0.3, -0.25) is 0 Å². The lowest BCUT2D eigenvalue weighted by Gasteiger charge is -2.13. The van der Waals surface area contributed by atoms with Crippen molar-refractivity contribution in [3.63, 3.8) is 0 Å². The second-order valence-corrected chi connectivity index (χ2v) is 4.14. The van der Waals surface area contributed by atoms with E-state index in [0.717, 1.165) is 5.92 Å². The number of hydrogen-bond donors (Lipinski definition) is 0. The van der Waals surface area contributed by atoms with Gasteiger partial charge in [-0.1, -0.05) is 0 Å². The van der Waals surface area contributed by atoms with Gasteiger partial charge in [-0.2, -0.15) is 11.8 Å². The summed E-state index contributed by atoms with van der Waals surface area (Å²) in [6.07, 6.45) is 1.43. The molecular formula is C7H15NS. The van der Waals surface area contributed by atoms with Crippen molar-refractivity contribution in [1.29, 1.82) is 0 Å². The molecular weight excluding hydrogens is 130 g/mol. The smallest absolute Gasteiger partial charge is 0.00117 e. The summed E-state index contributed by atoms with van der Waals surface area (Å²) in [6.45, 7) is 1.28. The first-order chi connectivity index (χ1) is 4.29. The van der Waals surface area contributed by atoms with Crippen LogP contribution in [0.15, 0.2) is 0 Å². The average molecular weight is 145 g/mol. The minimum absolute atomic E-state index is 0.977. The Bertz CT molecular complexity index is 77.0. The zero-order chi connectivity index (χ0) is 6.69. The number of hydrogen-bond acceptors (Lipinski definition) is 2. The van der Waals surface area contributed by atoms with Crippen molar-refractivity contribution in [1.82, 2.24) is 4.90 Å². The maximum atomic E-state index is 2.29. The summed E-state index contributed by atoms with van der Waals surface area (Å²) >= 11 is 2.10. The highest BCUT2D eigenvalue weighted by atomic mass is 32.2. The molecule has 1 aliphatic rings. The maximum Gasteiger partial charge on any atom is 0.00117 e. The number of nitrogens with zero attached hydrogens (tertiary/aromatic N) is 1. The van der Waals surface area contributed by atoms with Crippen LogP contribution in [0.25, 0.3) is 0 Å². The van der Waals surface area contributed by atoms with E-state index in [4.69, 9.17) is 0 Å². The lowest BCUT2D eigenvalue weighted by Crippen LogP contribution is -2.21. The van der Waals surface area contributed by atoms with Crippen molar-refractivity contribution in [2.75, 3.05) is 32.1 Å². The zero-order valence-electron chi connectivity index (χ0n) is 6.26. The van der Waals surface area contributed by atoms with Crippen molar-refractivity contribution < 1.29 is 0 Å². The van der Waals surface area contributed by atoms with Crippen molar-refractivity contribution in [2.45, 2.75) is 6.42 Å². The molecule has 1 unspecified atom stereocenters. The van der Waals surface area contributed by atoms with Crippen molar-refractivity contribution in [2.24, 2.45) is 5.92 Å². The van der Waals surface area contributed by atoms with Crippen LogP contribution in [0, 0.1) is 5.92 Å². The van der Waals surface area contributed by atoms with Crippen LogP contribution in [-0.4, -0.2) is 37.0 Å². The normalized spacial score (nSPS) is 27.7. The molecule has 0 spiro atoms. The Morgan fingerprint density at radius 1 is 1.56 bits per heavy atom. The number of rotatable bonds is 2. The molecule has 0 aromatic rings. The predicted octanol–water partition coefficient (Wildman–Crippen LogP) is 1.30. The quantitative estimate of drug-likeness (QED) is 0.576. The lowest BCUT2D eigenvalue weighted by atomic mass is 10.1. The summed E-state index contributed by atoms with van der Waals surface area (Å²) in [5, 5.41) is 0. The van der Waals surface area contributed by atoms with Crippen LogP contribution in [0.5, 0.6) is 0 Å². The summed E-state index contributed by atoms with van der Waals surface area (Å²) in [5.74, 6) is 3.75. The first-order valence-electron chi connectivity index (χ1n) is 3.51. The van der Waals surface area contributed by atoms with Crippen LogP contribution in [0.3, 0.4) is 0 Å². The molecule has 9 heavy (non-hydrogen) atoms. The number of thioether (sulfide) groups is 1. The molecule has 1 nitrogen and oxygen atoms in total. The van der Waals surface area contributed by atoms with E-state index in [9.17, 15) is 0 Å². The van der Waals surface area contributed by atoms with E-state index in [0.29, 0.717) is 0 Å². The van der Waals surface area contributed by atoms with Crippen LogP contribution in [-0.2, 0) is 0 Å².